The van der Waals surface area contributed by atoms with E-state index >= 15 is 0 Å². The molecule has 2 aromatic rings. The zero-order valence-electron chi connectivity index (χ0n) is 15.9. The Hall–Kier alpha value is -2.14. The van der Waals surface area contributed by atoms with Crippen molar-refractivity contribution >= 4 is 23.2 Å². The molecule has 0 saturated carbocycles. The predicted molar refractivity (Wildman–Crippen MR) is 107 cm³/mol. The summed E-state index contributed by atoms with van der Waals surface area (Å²) in [7, 11) is 0. The van der Waals surface area contributed by atoms with Crippen molar-refractivity contribution in [2.24, 2.45) is 5.92 Å². The lowest BCUT2D eigenvalue weighted by Gasteiger charge is -2.19. The molecule has 2 atom stereocenters. The van der Waals surface area contributed by atoms with Crippen molar-refractivity contribution in [1.82, 2.24) is 10.6 Å². The van der Waals surface area contributed by atoms with Crippen molar-refractivity contribution in [2.75, 3.05) is 0 Å². The molecule has 2 N–H and O–H groups in total. The first-order valence-electron chi connectivity index (χ1n) is 9.04. The summed E-state index contributed by atoms with van der Waals surface area (Å²) in [6, 6.07) is 11.9. The fraction of sp³-hybridized carbons (Fsp3) is 0.429. The summed E-state index contributed by atoms with van der Waals surface area (Å²) in [6.45, 7) is 7.86. The van der Waals surface area contributed by atoms with Crippen LogP contribution in [0.25, 0.3) is 0 Å². The number of hydrogen-bond acceptors (Lipinski definition) is 3. The lowest BCUT2D eigenvalue weighted by atomic mass is 10.00. The molecule has 0 aliphatic carbocycles. The van der Waals surface area contributed by atoms with Crippen LogP contribution in [-0.2, 0) is 16.0 Å². The molecule has 2 amide bonds. The first kappa shape index (κ1) is 20.2. The number of carbonyl (C=O) groups excluding carboxylic acids is 2. The summed E-state index contributed by atoms with van der Waals surface area (Å²) in [4.78, 5) is 24.9. The third-order valence-electron chi connectivity index (χ3n) is 4.15. The van der Waals surface area contributed by atoms with Crippen molar-refractivity contribution in [3.05, 3.63) is 57.8 Å². The van der Waals surface area contributed by atoms with Gasteiger partial charge in [0.25, 0.3) is 0 Å². The monoisotopic (exact) mass is 372 g/mol. The average molecular weight is 373 g/mol. The topological polar surface area (TPSA) is 58.2 Å². The Balaban J connectivity index is 1.95. The average Bonchev–Trinajstić information content (AvgIpc) is 3.08. The van der Waals surface area contributed by atoms with Gasteiger partial charge in [-0.05, 0) is 41.8 Å². The van der Waals surface area contributed by atoms with Gasteiger partial charge in [-0.2, -0.15) is 0 Å². The maximum atomic E-state index is 12.5. The van der Waals surface area contributed by atoms with Crippen LogP contribution in [0.4, 0.5) is 0 Å². The largest absolute Gasteiger partial charge is 0.350 e. The van der Waals surface area contributed by atoms with Crippen LogP contribution in [-0.4, -0.2) is 11.8 Å². The smallest absolute Gasteiger partial charge is 0.222 e. The molecule has 0 fully saturated rings. The summed E-state index contributed by atoms with van der Waals surface area (Å²) in [5.41, 5.74) is 2.39. The number of hydrogen-bond donors (Lipinski definition) is 2. The van der Waals surface area contributed by atoms with Crippen molar-refractivity contribution in [3.8, 4) is 0 Å². The highest BCUT2D eigenvalue weighted by Gasteiger charge is 2.19. The molecule has 4 nitrogen and oxygen atoms in total. The summed E-state index contributed by atoms with van der Waals surface area (Å²) < 4.78 is 0. The van der Waals surface area contributed by atoms with Gasteiger partial charge >= 0.3 is 0 Å². The SMILES string of the molecule is CC(=O)N[C@H](CC(=O)N[C@@H](C)c1ccc(CC(C)C)cc1)c1cccs1. The van der Waals surface area contributed by atoms with Crippen LogP contribution in [0, 0.1) is 5.92 Å². The van der Waals surface area contributed by atoms with Crippen LogP contribution in [0.1, 0.15) is 62.2 Å². The molecule has 5 heteroatoms. The van der Waals surface area contributed by atoms with E-state index in [4.69, 9.17) is 0 Å². The molecular formula is C21H28N2O2S. The fourth-order valence-corrected chi connectivity index (χ4v) is 3.72. The van der Waals surface area contributed by atoms with Gasteiger partial charge in [-0.25, -0.2) is 0 Å². The van der Waals surface area contributed by atoms with E-state index in [9.17, 15) is 9.59 Å². The summed E-state index contributed by atoms with van der Waals surface area (Å²) in [5.74, 6) is 0.418. The number of benzene rings is 1. The van der Waals surface area contributed by atoms with Gasteiger partial charge in [-0.1, -0.05) is 44.2 Å². The highest BCUT2D eigenvalue weighted by molar-refractivity contribution is 7.10. The lowest BCUT2D eigenvalue weighted by molar-refractivity contribution is -0.123. The van der Waals surface area contributed by atoms with E-state index in [1.807, 2.05) is 24.4 Å². The second-order valence-electron chi connectivity index (χ2n) is 7.10. The molecule has 0 unspecified atom stereocenters. The van der Waals surface area contributed by atoms with E-state index in [1.165, 1.54) is 12.5 Å². The van der Waals surface area contributed by atoms with E-state index in [0.717, 1.165) is 16.9 Å². The first-order valence-corrected chi connectivity index (χ1v) is 9.91. The van der Waals surface area contributed by atoms with Crippen molar-refractivity contribution in [1.29, 1.82) is 0 Å². The second-order valence-corrected chi connectivity index (χ2v) is 8.08. The Morgan fingerprint density at radius 3 is 2.27 bits per heavy atom. The summed E-state index contributed by atoms with van der Waals surface area (Å²) in [6.07, 6.45) is 1.29. The molecule has 140 valence electrons. The van der Waals surface area contributed by atoms with E-state index in [2.05, 4.69) is 48.7 Å². The predicted octanol–water partition coefficient (Wildman–Crippen LogP) is 4.39. The van der Waals surface area contributed by atoms with Crippen LogP contribution in [0.2, 0.25) is 0 Å². The molecular weight excluding hydrogens is 344 g/mol. The normalized spacial score (nSPS) is 13.3. The standard InChI is InChI=1S/C21H28N2O2S/c1-14(2)12-17-7-9-18(10-8-17)15(3)22-21(25)13-19(23-16(4)24)20-6-5-11-26-20/h5-11,14-15,19H,12-13H2,1-4H3,(H,22,25)(H,23,24)/t15-,19+/m0/s1. The van der Waals surface area contributed by atoms with Crippen LogP contribution < -0.4 is 10.6 Å². The Labute approximate surface area is 160 Å². The molecule has 1 aromatic heterocycles. The Morgan fingerprint density at radius 2 is 1.73 bits per heavy atom. The van der Waals surface area contributed by atoms with Crippen molar-refractivity contribution in [3.63, 3.8) is 0 Å². The van der Waals surface area contributed by atoms with E-state index in [1.54, 1.807) is 11.3 Å². The zero-order valence-corrected chi connectivity index (χ0v) is 16.7. The molecule has 0 radical (unpaired) electrons. The molecule has 0 aliphatic rings. The Morgan fingerprint density at radius 1 is 1.04 bits per heavy atom. The maximum Gasteiger partial charge on any atom is 0.222 e. The zero-order chi connectivity index (χ0) is 19.1. The van der Waals surface area contributed by atoms with Crippen LogP contribution in [0.15, 0.2) is 41.8 Å². The second kappa shape index (κ2) is 9.53. The lowest BCUT2D eigenvalue weighted by Crippen LogP contribution is -2.33. The number of amides is 2. The van der Waals surface area contributed by atoms with Crippen LogP contribution in [0.3, 0.4) is 0 Å². The van der Waals surface area contributed by atoms with Gasteiger partial charge in [0.2, 0.25) is 11.8 Å². The highest BCUT2D eigenvalue weighted by atomic mass is 32.1. The molecule has 0 spiro atoms. The number of rotatable bonds is 8. The van der Waals surface area contributed by atoms with Gasteiger partial charge in [0.15, 0.2) is 0 Å². The van der Waals surface area contributed by atoms with Gasteiger partial charge in [0.1, 0.15) is 0 Å². The Kier molecular flexibility index (Phi) is 7.39. The van der Waals surface area contributed by atoms with Gasteiger partial charge in [-0.3, -0.25) is 9.59 Å². The number of thiophene rings is 1. The van der Waals surface area contributed by atoms with Gasteiger partial charge < -0.3 is 10.6 Å². The fourth-order valence-electron chi connectivity index (χ4n) is 2.94. The van der Waals surface area contributed by atoms with Crippen molar-refractivity contribution in [2.45, 2.75) is 52.6 Å². The number of nitrogens with one attached hydrogen (secondary N) is 2. The van der Waals surface area contributed by atoms with Crippen LogP contribution in [0.5, 0.6) is 0 Å². The van der Waals surface area contributed by atoms with Crippen molar-refractivity contribution < 1.29 is 9.59 Å². The summed E-state index contributed by atoms with van der Waals surface area (Å²) in [5, 5.41) is 7.85. The minimum atomic E-state index is -0.284. The third-order valence-corrected chi connectivity index (χ3v) is 5.14. The number of carbonyl (C=O) groups is 2. The third kappa shape index (κ3) is 6.30. The molecule has 1 aromatic carbocycles. The maximum absolute atomic E-state index is 12.5. The summed E-state index contributed by atoms with van der Waals surface area (Å²) >= 11 is 1.54. The van der Waals surface area contributed by atoms with Gasteiger partial charge in [-0.15, -0.1) is 11.3 Å². The van der Waals surface area contributed by atoms with E-state index in [-0.39, 0.29) is 30.3 Å². The molecule has 0 saturated heterocycles. The van der Waals surface area contributed by atoms with Gasteiger partial charge in [0, 0.05) is 11.8 Å². The molecule has 0 bridgehead atoms. The van der Waals surface area contributed by atoms with E-state index in [0.29, 0.717) is 5.92 Å². The van der Waals surface area contributed by atoms with E-state index < -0.39 is 0 Å². The minimum absolute atomic E-state index is 0.0723. The molecule has 26 heavy (non-hydrogen) atoms. The first-order chi connectivity index (χ1) is 12.3. The molecule has 1 heterocycles. The molecule has 0 aliphatic heterocycles. The highest BCUT2D eigenvalue weighted by Crippen LogP contribution is 2.23. The Bertz CT molecular complexity index is 708. The molecule has 2 rings (SSSR count). The quantitative estimate of drug-likeness (QED) is 0.722. The minimum Gasteiger partial charge on any atom is -0.350 e. The van der Waals surface area contributed by atoms with Crippen LogP contribution >= 0.6 is 11.3 Å². The van der Waals surface area contributed by atoms with Gasteiger partial charge in [0.05, 0.1) is 18.5 Å².